The van der Waals surface area contributed by atoms with Gasteiger partial charge in [-0.05, 0) is 30.5 Å². The standard InChI is InChI=1S/C26H27FN6O4/c1-3-25(34)33-10-7-16(8-11-33)36-23-13-18-21(14-22(23)35-2)30-15-31-26(18)32-20-5-4-17(12-19(20)27)37-24(29)6-9-28/h3-6,9,12-16,29H,1,7-8,10-11,28H2,2H3,(H,30,31,32)/b9-6-,29-24?. The van der Waals surface area contributed by atoms with Crippen LogP contribution in [-0.2, 0) is 4.79 Å². The van der Waals surface area contributed by atoms with Crippen molar-refractivity contribution in [1.82, 2.24) is 14.9 Å². The summed E-state index contributed by atoms with van der Waals surface area (Å²) in [7, 11) is 1.54. The van der Waals surface area contributed by atoms with E-state index in [-0.39, 0.29) is 29.3 Å². The van der Waals surface area contributed by atoms with Gasteiger partial charge in [-0.1, -0.05) is 6.58 Å². The predicted molar refractivity (Wildman–Crippen MR) is 138 cm³/mol. The second-order valence-electron chi connectivity index (χ2n) is 8.18. The minimum atomic E-state index is -0.598. The smallest absolute Gasteiger partial charge is 0.245 e. The Labute approximate surface area is 213 Å². The third-order valence-electron chi connectivity index (χ3n) is 5.81. The van der Waals surface area contributed by atoms with Gasteiger partial charge < -0.3 is 30.2 Å². The van der Waals surface area contributed by atoms with Crippen molar-refractivity contribution < 1.29 is 23.4 Å². The molecule has 0 unspecified atom stereocenters. The number of halogens is 1. The molecule has 0 saturated carbocycles. The lowest BCUT2D eigenvalue weighted by Crippen LogP contribution is -2.41. The third-order valence-corrected chi connectivity index (χ3v) is 5.81. The van der Waals surface area contributed by atoms with E-state index in [0.717, 1.165) is 12.3 Å². The number of hydrogen-bond acceptors (Lipinski definition) is 9. The molecule has 3 aromatic rings. The molecule has 1 aliphatic heterocycles. The Morgan fingerprint density at radius 1 is 1.24 bits per heavy atom. The summed E-state index contributed by atoms with van der Waals surface area (Å²) in [5, 5.41) is 11.2. The molecule has 192 valence electrons. The van der Waals surface area contributed by atoms with Gasteiger partial charge in [-0.15, -0.1) is 0 Å². The fourth-order valence-electron chi connectivity index (χ4n) is 3.95. The fraction of sp³-hybridized carbons (Fsp3) is 0.231. The van der Waals surface area contributed by atoms with Gasteiger partial charge in [0, 0.05) is 49.5 Å². The summed E-state index contributed by atoms with van der Waals surface area (Å²) in [6.07, 6.45) is 6.30. The van der Waals surface area contributed by atoms with E-state index in [1.54, 1.807) is 24.1 Å². The molecule has 0 spiro atoms. The van der Waals surface area contributed by atoms with Crippen molar-refractivity contribution in [3.05, 3.63) is 67.4 Å². The lowest BCUT2D eigenvalue weighted by Gasteiger charge is -2.31. The van der Waals surface area contributed by atoms with Crippen molar-refractivity contribution in [1.29, 1.82) is 5.41 Å². The van der Waals surface area contributed by atoms with Crippen LogP contribution in [0.3, 0.4) is 0 Å². The molecule has 0 atom stereocenters. The maximum absolute atomic E-state index is 14.8. The molecule has 0 aliphatic carbocycles. The number of likely N-dealkylation sites (tertiary alicyclic amines) is 1. The van der Waals surface area contributed by atoms with E-state index < -0.39 is 5.82 Å². The monoisotopic (exact) mass is 506 g/mol. The number of carbonyl (C=O) groups is 1. The van der Waals surface area contributed by atoms with Crippen molar-refractivity contribution in [2.24, 2.45) is 5.73 Å². The second-order valence-corrected chi connectivity index (χ2v) is 8.18. The molecule has 4 N–H and O–H groups in total. The van der Waals surface area contributed by atoms with Crippen molar-refractivity contribution in [2.45, 2.75) is 18.9 Å². The first kappa shape index (κ1) is 25.4. The van der Waals surface area contributed by atoms with Crippen LogP contribution in [-0.4, -0.2) is 53.0 Å². The maximum atomic E-state index is 14.8. The molecule has 1 aromatic heterocycles. The molecular weight excluding hydrogens is 479 g/mol. The second kappa shape index (κ2) is 11.4. The molecule has 1 amide bonds. The van der Waals surface area contributed by atoms with Crippen LogP contribution in [0.1, 0.15) is 12.8 Å². The number of hydrogen-bond donors (Lipinski definition) is 3. The summed E-state index contributed by atoms with van der Waals surface area (Å²) in [5.41, 5.74) is 5.98. The largest absolute Gasteiger partial charge is 0.493 e. The van der Waals surface area contributed by atoms with Crippen molar-refractivity contribution in [3.63, 3.8) is 0 Å². The molecule has 10 nitrogen and oxygen atoms in total. The van der Waals surface area contributed by atoms with Gasteiger partial charge in [0.05, 0.1) is 18.3 Å². The number of anilines is 2. The fourth-order valence-corrected chi connectivity index (χ4v) is 3.95. The normalized spacial score (nSPS) is 13.9. The molecule has 4 rings (SSSR count). The minimum Gasteiger partial charge on any atom is -0.493 e. The Kier molecular flexibility index (Phi) is 7.82. The van der Waals surface area contributed by atoms with Crippen LogP contribution < -0.4 is 25.3 Å². The Morgan fingerprint density at radius 3 is 2.70 bits per heavy atom. The quantitative estimate of drug-likeness (QED) is 0.238. The van der Waals surface area contributed by atoms with Gasteiger partial charge in [-0.25, -0.2) is 14.4 Å². The van der Waals surface area contributed by atoms with Crippen LogP contribution in [0.2, 0.25) is 0 Å². The number of benzene rings is 2. The summed E-state index contributed by atoms with van der Waals surface area (Å²) in [5.74, 6) is 0.617. The zero-order valence-electron chi connectivity index (χ0n) is 20.2. The van der Waals surface area contributed by atoms with E-state index >= 15 is 0 Å². The van der Waals surface area contributed by atoms with E-state index in [9.17, 15) is 9.18 Å². The number of methoxy groups -OCH3 is 1. The van der Waals surface area contributed by atoms with Gasteiger partial charge in [0.2, 0.25) is 11.8 Å². The molecule has 0 radical (unpaired) electrons. The van der Waals surface area contributed by atoms with Crippen molar-refractivity contribution >= 4 is 34.2 Å². The molecule has 1 saturated heterocycles. The van der Waals surface area contributed by atoms with Crippen LogP contribution >= 0.6 is 0 Å². The molecular formula is C26H27FN6O4. The summed E-state index contributed by atoms with van der Waals surface area (Å²) >= 11 is 0. The van der Waals surface area contributed by atoms with E-state index in [0.29, 0.717) is 54.2 Å². The SMILES string of the molecule is C=CC(=O)N1CCC(Oc2cc3c(Nc4ccc(OC(=N)/C=C\N)cc4F)ncnc3cc2OC)CC1. The van der Waals surface area contributed by atoms with Gasteiger partial charge in [0.25, 0.3) is 0 Å². The van der Waals surface area contributed by atoms with E-state index in [1.165, 1.54) is 30.6 Å². The lowest BCUT2D eigenvalue weighted by molar-refractivity contribution is -0.127. The van der Waals surface area contributed by atoms with Gasteiger partial charge in [0.1, 0.15) is 29.8 Å². The summed E-state index contributed by atoms with van der Waals surface area (Å²) in [4.78, 5) is 22.2. The average Bonchev–Trinajstić information content (AvgIpc) is 2.90. The van der Waals surface area contributed by atoms with Gasteiger partial charge in [0.15, 0.2) is 11.5 Å². The van der Waals surface area contributed by atoms with Crippen LogP contribution in [0, 0.1) is 11.2 Å². The average molecular weight is 507 g/mol. The zero-order chi connectivity index (χ0) is 26.4. The number of ether oxygens (including phenoxy) is 3. The molecule has 37 heavy (non-hydrogen) atoms. The van der Waals surface area contributed by atoms with Crippen LogP contribution in [0.15, 0.2) is 61.6 Å². The lowest BCUT2D eigenvalue weighted by atomic mass is 10.1. The number of nitrogens with one attached hydrogen (secondary N) is 2. The highest BCUT2D eigenvalue weighted by molar-refractivity contribution is 5.93. The highest BCUT2D eigenvalue weighted by Gasteiger charge is 2.24. The number of nitrogens with two attached hydrogens (primary N) is 1. The molecule has 2 heterocycles. The number of nitrogens with zero attached hydrogens (tertiary/aromatic N) is 3. The predicted octanol–water partition coefficient (Wildman–Crippen LogP) is 3.91. The molecule has 2 aromatic carbocycles. The highest BCUT2D eigenvalue weighted by atomic mass is 19.1. The van der Waals surface area contributed by atoms with Gasteiger partial charge in [-0.2, -0.15) is 0 Å². The first-order valence-electron chi connectivity index (χ1n) is 11.5. The summed E-state index contributed by atoms with van der Waals surface area (Å²) in [6, 6.07) is 7.66. The Morgan fingerprint density at radius 2 is 2.03 bits per heavy atom. The van der Waals surface area contributed by atoms with E-state index in [4.69, 9.17) is 25.4 Å². The zero-order valence-corrected chi connectivity index (χ0v) is 20.2. The first-order valence-corrected chi connectivity index (χ1v) is 11.5. The summed E-state index contributed by atoms with van der Waals surface area (Å²) in [6.45, 7) is 4.68. The topological polar surface area (TPSA) is 136 Å². The van der Waals surface area contributed by atoms with Crippen molar-refractivity contribution in [3.8, 4) is 17.2 Å². The first-order chi connectivity index (χ1) is 17.9. The van der Waals surface area contributed by atoms with E-state index in [2.05, 4.69) is 21.9 Å². The number of carbonyl (C=O) groups excluding carboxylic acids is 1. The van der Waals surface area contributed by atoms with Gasteiger partial charge in [-0.3, -0.25) is 10.2 Å². The molecule has 0 bridgehead atoms. The Bertz CT molecular complexity index is 1350. The number of fused-ring (bicyclic) bond motifs is 1. The van der Waals surface area contributed by atoms with Crippen LogP contribution in [0.5, 0.6) is 17.2 Å². The minimum absolute atomic E-state index is 0.0907. The number of rotatable bonds is 8. The third kappa shape index (κ3) is 5.95. The molecule has 11 heteroatoms. The van der Waals surface area contributed by atoms with Crippen molar-refractivity contribution in [2.75, 3.05) is 25.5 Å². The molecule has 1 aliphatic rings. The number of amides is 1. The van der Waals surface area contributed by atoms with Crippen LogP contribution in [0.25, 0.3) is 10.9 Å². The van der Waals surface area contributed by atoms with E-state index in [1.807, 2.05) is 0 Å². The Hall–Kier alpha value is -4.67. The molecule has 1 fully saturated rings. The maximum Gasteiger partial charge on any atom is 0.245 e. The Balaban J connectivity index is 1.56. The highest BCUT2D eigenvalue weighted by Crippen LogP contribution is 2.36. The number of aromatic nitrogens is 2. The van der Waals surface area contributed by atoms with Crippen LogP contribution in [0.4, 0.5) is 15.9 Å². The summed E-state index contributed by atoms with van der Waals surface area (Å²) < 4.78 is 31.8. The number of piperidine rings is 1. The van der Waals surface area contributed by atoms with Gasteiger partial charge >= 0.3 is 0 Å².